The van der Waals surface area contributed by atoms with Gasteiger partial charge in [0.1, 0.15) is 6.07 Å². The molecule has 1 aromatic rings. The zero-order valence-electron chi connectivity index (χ0n) is 11.1. The van der Waals surface area contributed by atoms with Crippen LogP contribution in [0.2, 0.25) is 0 Å². The molecule has 0 bridgehead atoms. The van der Waals surface area contributed by atoms with Gasteiger partial charge in [0.2, 0.25) is 0 Å². The molecular formula is C15H20N2O. The summed E-state index contributed by atoms with van der Waals surface area (Å²) in [5.74, 6) is 1.33. The molecule has 96 valence electrons. The van der Waals surface area contributed by atoms with E-state index in [4.69, 9.17) is 5.11 Å². The highest BCUT2D eigenvalue weighted by molar-refractivity contribution is 5.60. The van der Waals surface area contributed by atoms with Crippen molar-refractivity contribution in [1.29, 1.82) is 5.26 Å². The van der Waals surface area contributed by atoms with Crippen molar-refractivity contribution in [2.75, 3.05) is 18.0 Å². The molecule has 18 heavy (non-hydrogen) atoms. The van der Waals surface area contributed by atoms with Crippen molar-refractivity contribution < 1.29 is 5.11 Å². The third-order valence-electron chi connectivity index (χ3n) is 3.57. The average molecular weight is 244 g/mol. The lowest BCUT2D eigenvalue weighted by atomic mass is 9.91. The van der Waals surface area contributed by atoms with Crippen LogP contribution in [0.3, 0.4) is 0 Å². The van der Waals surface area contributed by atoms with Gasteiger partial charge < -0.3 is 10.0 Å². The van der Waals surface area contributed by atoms with Crippen molar-refractivity contribution in [2.45, 2.75) is 26.9 Å². The first-order valence-electron chi connectivity index (χ1n) is 6.53. The van der Waals surface area contributed by atoms with Crippen LogP contribution in [0.15, 0.2) is 18.2 Å². The molecule has 0 aromatic heterocycles. The second kappa shape index (κ2) is 5.41. The molecular weight excluding hydrogens is 224 g/mol. The third kappa shape index (κ3) is 2.65. The van der Waals surface area contributed by atoms with Crippen LogP contribution in [0, 0.1) is 23.2 Å². The van der Waals surface area contributed by atoms with Gasteiger partial charge in [-0.1, -0.05) is 19.9 Å². The topological polar surface area (TPSA) is 47.3 Å². The van der Waals surface area contributed by atoms with Crippen LogP contribution in [0.25, 0.3) is 0 Å². The number of hydrogen-bond acceptors (Lipinski definition) is 3. The van der Waals surface area contributed by atoms with Gasteiger partial charge in [0.05, 0.1) is 17.9 Å². The van der Waals surface area contributed by atoms with Crippen molar-refractivity contribution in [3.63, 3.8) is 0 Å². The first kappa shape index (κ1) is 12.9. The molecule has 1 aliphatic heterocycles. The van der Waals surface area contributed by atoms with Gasteiger partial charge in [-0.3, -0.25) is 0 Å². The molecule has 0 aliphatic carbocycles. The fraction of sp³-hybridized carbons (Fsp3) is 0.533. The SMILES string of the molecule is CC1CC(C)CN(c2ccc(CO)cc2C#N)C1. The summed E-state index contributed by atoms with van der Waals surface area (Å²) in [5, 5.41) is 18.4. The standard InChI is InChI=1S/C15H20N2O/c1-11-5-12(2)9-17(8-11)15-4-3-13(10-18)6-14(15)7-16/h3-4,6,11-12,18H,5,8-10H2,1-2H3. The molecule has 1 fully saturated rings. The number of nitrogens with zero attached hydrogens (tertiary/aromatic N) is 2. The highest BCUT2D eigenvalue weighted by Gasteiger charge is 2.23. The summed E-state index contributed by atoms with van der Waals surface area (Å²) in [6.45, 7) is 6.53. The first-order valence-corrected chi connectivity index (χ1v) is 6.53. The highest BCUT2D eigenvalue weighted by Crippen LogP contribution is 2.29. The predicted octanol–water partition coefficient (Wildman–Crippen LogP) is 2.53. The van der Waals surface area contributed by atoms with Crippen molar-refractivity contribution >= 4 is 5.69 Å². The quantitative estimate of drug-likeness (QED) is 0.869. The van der Waals surface area contributed by atoms with Crippen molar-refractivity contribution in [2.24, 2.45) is 11.8 Å². The molecule has 3 heteroatoms. The lowest BCUT2D eigenvalue weighted by Gasteiger charge is -2.37. The van der Waals surface area contributed by atoms with Gasteiger partial charge >= 0.3 is 0 Å². The first-order chi connectivity index (χ1) is 8.63. The number of anilines is 1. The summed E-state index contributed by atoms with van der Waals surface area (Å²) in [6, 6.07) is 7.91. The van der Waals surface area contributed by atoms with Crippen LogP contribution in [0.4, 0.5) is 5.69 Å². The molecule has 2 unspecified atom stereocenters. The Kier molecular flexibility index (Phi) is 3.88. The number of nitriles is 1. The van der Waals surface area contributed by atoms with Gasteiger partial charge in [0.25, 0.3) is 0 Å². The molecule has 1 aromatic carbocycles. The van der Waals surface area contributed by atoms with E-state index in [1.165, 1.54) is 6.42 Å². The van der Waals surface area contributed by atoms with Crippen molar-refractivity contribution in [3.8, 4) is 6.07 Å². The van der Waals surface area contributed by atoms with E-state index in [-0.39, 0.29) is 6.61 Å². The van der Waals surface area contributed by atoms with Gasteiger partial charge in [0, 0.05) is 13.1 Å². The molecule has 2 atom stereocenters. The normalized spacial score (nSPS) is 23.8. The molecule has 0 spiro atoms. The van der Waals surface area contributed by atoms with Crippen molar-refractivity contribution in [3.05, 3.63) is 29.3 Å². The Hall–Kier alpha value is -1.53. The van der Waals surface area contributed by atoms with Gasteiger partial charge in [-0.15, -0.1) is 0 Å². The summed E-state index contributed by atoms with van der Waals surface area (Å²) in [4.78, 5) is 2.30. The molecule has 0 saturated carbocycles. The maximum absolute atomic E-state index is 9.24. The largest absolute Gasteiger partial charge is 0.392 e. The van der Waals surface area contributed by atoms with E-state index in [0.29, 0.717) is 17.4 Å². The highest BCUT2D eigenvalue weighted by atomic mass is 16.3. The van der Waals surface area contributed by atoms with Crippen LogP contribution in [0.5, 0.6) is 0 Å². The Morgan fingerprint density at radius 2 is 2.00 bits per heavy atom. The van der Waals surface area contributed by atoms with E-state index < -0.39 is 0 Å². The number of benzene rings is 1. The summed E-state index contributed by atoms with van der Waals surface area (Å²) < 4.78 is 0. The van der Waals surface area contributed by atoms with Crippen LogP contribution in [-0.2, 0) is 6.61 Å². The molecule has 0 radical (unpaired) electrons. The van der Waals surface area contributed by atoms with Crippen LogP contribution < -0.4 is 4.90 Å². The maximum Gasteiger partial charge on any atom is 0.101 e. The second-order valence-electron chi connectivity index (χ2n) is 5.47. The third-order valence-corrected chi connectivity index (χ3v) is 3.57. The predicted molar refractivity (Wildman–Crippen MR) is 72.2 cm³/mol. The van der Waals surface area contributed by atoms with E-state index in [9.17, 15) is 5.26 Å². The minimum absolute atomic E-state index is 0.0121. The van der Waals surface area contributed by atoms with Crippen LogP contribution >= 0.6 is 0 Å². The van der Waals surface area contributed by atoms with E-state index in [1.807, 2.05) is 12.1 Å². The van der Waals surface area contributed by atoms with Gasteiger partial charge in [-0.2, -0.15) is 5.26 Å². The van der Waals surface area contributed by atoms with E-state index in [1.54, 1.807) is 6.07 Å². The van der Waals surface area contributed by atoms with E-state index in [2.05, 4.69) is 24.8 Å². The zero-order valence-corrected chi connectivity index (χ0v) is 11.1. The Bertz CT molecular complexity index is 454. The minimum atomic E-state index is -0.0121. The molecule has 2 rings (SSSR count). The Balaban J connectivity index is 2.30. The van der Waals surface area contributed by atoms with Gasteiger partial charge in [-0.25, -0.2) is 0 Å². The number of aliphatic hydroxyl groups excluding tert-OH is 1. The van der Waals surface area contributed by atoms with E-state index >= 15 is 0 Å². The Morgan fingerprint density at radius 3 is 2.56 bits per heavy atom. The van der Waals surface area contributed by atoms with Crippen LogP contribution in [0.1, 0.15) is 31.4 Å². The minimum Gasteiger partial charge on any atom is -0.392 e. The summed E-state index contributed by atoms with van der Waals surface area (Å²) in [5.41, 5.74) is 2.48. The lowest BCUT2D eigenvalue weighted by molar-refractivity contribution is 0.282. The summed E-state index contributed by atoms with van der Waals surface area (Å²) >= 11 is 0. The molecule has 1 N–H and O–H groups in total. The van der Waals surface area contributed by atoms with Gasteiger partial charge in [0.15, 0.2) is 0 Å². The summed E-state index contributed by atoms with van der Waals surface area (Å²) in [7, 11) is 0. The maximum atomic E-state index is 9.24. The number of aliphatic hydroxyl groups is 1. The van der Waals surface area contributed by atoms with Gasteiger partial charge in [-0.05, 0) is 36.0 Å². The molecule has 1 aliphatic rings. The molecule has 1 saturated heterocycles. The number of piperidine rings is 1. The average Bonchev–Trinajstić information content (AvgIpc) is 2.36. The van der Waals surface area contributed by atoms with E-state index in [0.717, 1.165) is 24.3 Å². The summed E-state index contributed by atoms with van der Waals surface area (Å²) in [6.07, 6.45) is 1.26. The Morgan fingerprint density at radius 1 is 1.33 bits per heavy atom. The zero-order chi connectivity index (χ0) is 13.1. The number of hydrogen-bond donors (Lipinski definition) is 1. The Labute approximate surface area is 109 Å². The fourth-order valence-electron chi connectivity index (χ4n) is 2.91. The van der Waals surface area contributed by atoms with Crippen LogP contribution in [-0.4, -0.2) is 18.2 Å². The lowest BCUT2D eigenvalue weighted by Crippen LogP contribution is -2.39. The monoisotopic (exact) mass is 244 g/mol. The molecule has 3 nitrogen and oxygen atoms in total. The second-order valence-corrected chi connectivity index (χ2v) is 5.47. The number of rotatable bonds is 2. The molecule has 1 heterocycles. The molecule has 0 amide bonds. The smallest absolute Gasteiger partial charge is 0.101 e. The van der Waals surface area contributed by atoms with Crippen molar-refractivity contribution in [1.82, 2.24) is 0 Å². The fourth-order valence-corrected chi connectivity index (χ4v) is 2.91.